The van der Waals surface area contributed by atoms with Gasteiger partial charge in [-0.3, -0.25) is 4.90 Å². The Morgan fingerprint density at radius 2 is 1.88 bits per heavy atom. The highest BCUT2D eigenvalue weighted by Gasteiger charge is 2.39. The Bertz CT molecular complexity index is 580. The average molecular weight is 350 g/mol. The zero-order chi connectivity index (χ0) is 18.0. The van der Waals surface area contributed by atoms with Gasteiger partial charge < -0.3 is 9.16 Å². The molecule has 0 saturated carbocycles. The molecule has 4 nitrogen and oxygen atoms in total. The van der Waals surface area contributed by atoms with Crippen LogP contribution in [0.4, 0.5) is 4.79 Å². The van der Waals surface area contributed by atoms with Crippen molar-refractivity contribution in [3.63, 3.8) is 0 Å². The van der Waals surface area contributed by atoms with E-state index in [0.717, 1.165) is 6.42 Å². The smallest absolute Gasteiger partial charge is 0.410 e. The summed E-state index contributed by atoms with van der Waals surface area (Å²) in [4.78, 5) is 14.2. The number of hydrogen-bond donors (Lipinski definition) is 0. The molecule has 2 rings (SSSR count). The van der Waals surface area contributed by atoms with Gasteiger partial charge in [-0.1, -0.05) is 45.0 Å². The average Bonchev–Trinajstić information content (AvgIpc) is 2.51. The van der Waals surface area contributed by atoms with Crippen molar-refractivity contribution in [2.75, 3.05) is 13.2 Å². The molecule has 0 aromatic heterocycles. The summed E-state index contributed by atoms with van der Waals surface area (Å²) in [7, 11) is -1.84. The number of fused-ring (bicyclic) bond motifs is 1. The maximum Gasteiger partial charge on any atom is 0.410 e. The SMILES string of the molecule is CCOC(=O)N1Cc2ccccc2C[C@H]1CO[Si](C)(C)C(C)(C)C. The van der Waals surface area contributed by atoms with E-state index in [1.807, 2.05) is 17.9 Å². The Morgan fingerprint density at radius 1 is 1.25 bits per heavy atom. The lowest BCUT2D eigenvalue weighted by Gasteiger charge is -2.41. The van der Waals surface area contributed by atoms with Crippen molar-refractivity contribution in [2.24, 2.45) is 0 Å². The van der Waals surface area contributed by atoms with Gasteiger partial charge in [-0.15, -0.1) is 0 Å². The molecule has 1 amide bonds. The van der Waals surface area contributed by atoms with E-state index in [0.29, 0.717) is 19.8 Å². The van der Waals surface area contributed by atoms with Crippen LogP contribution in [0.25, 0.3) is 0 Å². The Hall–Kier alpha value is -1.33. The fourth-order valence-electron chi connectivity index (χ4n) is 2.68. The molecule has 1 aliphatic heterocycles. The van der Waals surface area contributed by atoms with Crippen LogP contribution in [0.15, 0.2) is 24.3 Å². The lowest BCUT2D eigenvalue weighted by Crippen LogP contribution is -2.50. The minimum Gasteiger partial charge on any atom is -0.450 e. The molecule has 134 valence electrons. The van der Waals surface area contributed by atoms with Crippen LogP contribution in [-0.2, 0) is 22.1 Å². The van der Waals surface area contributed by atoms with Crippen molar-refractivity contribution in [3.8, 4) is 0 Å². The van der Waals surface area contributed by atoms with E-state index >= 15 is 0 Å². The van der Waals surface area contributed by atoms with Crippen molar-refractivity contribution < 1.29 is 14.0 Å². The molecule has 0 bridgehead atoms. The van der Waals surface area contributed by atoms with Crippen LogP contribution in [0.3, 0.4) is 0 Å². The highest BCUT2D eigenvalue weighted by molar-refractivity contribution is 6.74. The molecule has 0 N–H and O–H groups in total. The van der Waals surface area contributed by atoms with Crippen molar-refractivity contribution >= 4 is 14.4 Å². The van der Waals surface area contributed by atoms with Gasteiger partial charge in [0.25, 0.3) is 0 Å². The molecule has 0 unspecified atom stereocenters. The van der Waals surface area contributed by atoms with Crippen LogP contribution < -0.4 is 0 Å². The van der Waals surface area contributed by atoms with Crippen molar-refractivity contribution in [2.45, 2.75) is 64.8 Å². The summed E-state index contributed by atoms with van der Waals surface area (Å²) in [6.45, 7) is 14.6. The Morgan fingerprint density at radius 3 is 2.46 bits per heavy atom. The minimum atomic E-state index is -1.84. The molecule has 1 aliphatic rings. The second-order valence-electron chi connectivity index (χ2n) is 8.02. The van der Waals surface area contributed by atoms with E-state index in [9.17, 15) is 4.79 Å². The van der Waals surface area contributed by atoms with Crippen LogP contribution in [0.5, 0.6) is 0 Å². The molecular formula is C19H31NO3Si. The van der Waals surface area contributed by atoms with Gasteiger partial charge in [0.1, 0.15) is 0 Å². The number of carbonyl (C=O) groups is 1. The predicted octanol–water partition coefficient (Wildman–Crippen LogP) is 4.59. The summed E-state index contributed by atoms with van der Waals surface area (Å²) in [5.41, 5.74) is 2.51. The summed E-state index contributed by atoms with van der Waals surface area (Å²) < 4.78 is 11.7. The molecular weight excluding hydrogens is 318 g/mol. The quantitative estimate of drug-likeness (QED) is 0.746. The Kier molecular flexibility index (Phi) is 5.76. The largest absolute Gasteiger partial charge is 0.450 e. The third-order valence-electron chi connectivity index (χ3n) is 5.30. The zero-order valence-electron chi connectivity index (χ0n) is 15.9. The minimum absolute atomic E-state index is 0.0353. The van der Waals surface area contributed by atoms with Crippen molar-refractivity contribution in [1.82, 2.24) is 4.90 Å². The number of amides is 1. The van der Waals surface area contributed by atoms with Crippen LogP contribution in [0.1, 0.15) is 38.8 Å². The maximum atomic E-state index is 12.4. The fourth-order valence-corrected chi connectivity index (χ4v) is 3.72. The number of benzene rings is 1. The standard InChI is InChI=1S/C19H31NO3Si/c1-7-22-18(21)20-13-16-11-9-8-10-15(16)12-17(20)14-23-24(5,6)19(2,3)4/h8-11,17H,7,12-14H2,1-6H3/t17-/m0/s1. The maximum absolute atomic E-state index is 12.4. The summed E-state index contributed by atoms with van der Waals surface area (Å²) in [6, 6.07) is 8.36. The monoisotopic (exact) mass is 349 g/mol. The van der Waals surface area contributed by atoms with E-state index in [1.54, 1.807) is 0 Å². The summed E-state index contributed by atoms with van der Waals surface area (Å²) in [5.74, 6) is 0. The molecule has 1 aromatic carbocycles. The van der Waals surface area contributed by atoms with Gasteiger partial charge in [-0.25, -0.2) is 4.79 Å². The number of carbonyl (C=O) groups excluding carboxylic acids is 1. The van der Waals surface area contributed by atoms with Gasteiger partial charge >= 0.3 is 6.09 Å². The number of hydrogen-bond acceptors (Lipinski definition) is 3. The second kappa shape index (κ2) is 7.27. The number of rotatable bonds is 4. The highest BCUT2D eigenvalue weighted by Crippen LogP contribution is 2.37. The van der Waals surface area contributed by atoms with Gasteiger partial charge in [0.05, 0.1) is 19.3 Å². The van der Waals surface area contributed by atoms with Gasteiger partial charge in [0, 0.05) is 6.54 Å². The van der Waals surface area contributed by atoms with Gasteiger partial charge in [-0.05, 0) is 42.6 Å². The first-order chi connectivity index (χ1) is 11.2. The van der Waals surface area contributed by atoms with Crippen molar-refractivity contribution in [1.29, 1.82) is 0 Å². The van der Waals surface area contributed by atoms with E-state index in [1.165, 1.54) is 11.1 Å². The van der Waals surface area contributed by atoms with Crippen LogP contribution in [0.2, 0.25) is 18.1 Å². The topological polar surface area (TPSA) is 38.8 Å². The Labute approximate surface area is 147 Å². The van der Waals surface area contributed by atoms with Crippen LogP contribution in [0, 0.1) is 0 Å². The third-order valence-corrected chi connectivity index (χ3v) is 9.80. The van der Waals surface area contributed by atoms with Crippen LogP contribution >= 0.6 is 0 Å². The molecule has 1 aromatic rings. The van der Waals surface area contributed by atoms with E-state index < -0.39 is 8.32 Å². The first-order valence-corrected chi connectivity index (χ1v) is 11.7. The molecule has 0 fully saturated rings. The lowest BCUT2D eigenvalue weighted by atomic mass is 9.95. The van der Waals surface area contributed by atoms with E-state index in [-0.39, 0.29) is 17.2 Å². The zero-order valence-corrected chi connectivity index (χ0v) is 16.9. The van der Waals surface area contributed by atoms with Crippen molar-refractivity contribution in [3.05, 3.63) is 35.4 Å². The second-order valence-corrected chi connectivity index (χ2v) is 12.8. The molecule has 1 atom stereocenters. The van der Waals surface area contributed by atoms with E-state index in [2.05, 4.69) is 52.1 Å². The molecule has 0 aliphatic carbocycles. The normalized spacial score (nSPS) is 18.2. The molecule has 5 heteroatoms. The first-order valence-electron chi connectivity index (χ1n) is 8.80. The van der Waals surface area contributed by atoms with Crippen LogP contribution in [-0.4, -0.2) is 38.6 Å². The van der Waals surface area contributed by atoms with Gasteiger partial charge in [0.2, 0.25) is 0 Å². The molecule has 0 spiro atoms. The fraction of sp³-hybridized carbons (Fsp3) is 0.632. The summed E-state index contributed by atoms with van der Waals surface area (Å²) in [6.07, 6.45) is 0.583. The summed E-state index contributed by atoms with van der Waals surface area (Å²) >= 11 is 0. The number of ether oxygens (including phenoxy) is 1. The molecule has 1 heterocycles. The third kappa shape index (κ3) is 4.19. The lowest BCUT2D eigenvalue weighted by molar-refractivity contribution is 0.0654. The van der Waals surface area contributed by atoms with Gasteiger partial charge in [-0.2, -0.15) is 0 Å². The summed E-state index contributed by atoms with van der Waals surface area (Å²) in [5, 5.41) is 0.161. The predicted molar refractivity (Wildman–Crippen MR) is 99.6 cm³/mol. The molecule has 0 saturated heterocycles. The Balaban J connectivity index is 2.17. The van der Waals surface area contributed by atoms with E-state index in [4.69, 9.17) is 9.16 Å². The number of nitrogens with zero attached hydrogens (tertiary/aromatic N) is 1. The first kappa shape index (κ1) is 19.0. The molecule has 0 radical (unpaired) electrons. The van der Waals surface area contributed by atoms with Gasteiger partial charge in [0.15, 0.2) is 8.32 Å². The highest BCUT2D eigenvalue weighted by atomic mass is 28.4. The molecule has 24 heavy (non-hydrogen) atoms.